The van der Waals surface area contributed by atoms with E-state index in [4.69, 9.17) is 5.73 Å². The number of rotatable bonds is 3. The van der Waals surface area contributed by atoms with E-state index in [0.717, 1.165) is 5.82 Å². The van der Waals surface area contributed by atoms with E-state index >= 15 is 0 Å². The molecule has 0 radical (unpaired) electrons. The number of anilines is 2. The Morgan fingerprint density at radius 2 is 2.31 bits per heavy atom. The molecule has 84 valence electrons. The molecule has 16 heavy (non-hydrogen) atoms. The molecular weight excluding hydrogens is 209 g/mol. The first kappa shape index (κ1) is 10.4. The van der Waals surface area contributed by atoms with Gasteiger partial charge in [0.15, 0.2) is 5.82 Å². The second-order valence-electron chi connectivity index (χ2n) is 3.44. The van der Waals surface area contributed by atoms with Crippen LogP contribution >= 0.6 is 0 Å². The molecule has 1 aromatic carbocycles. The maximum atomic E-state index is 12.8. The standard InChI is InChI=1S/C10H12FN5/c1-16-6-14-15-10(16)5-13-9-3-2-7(11)4-8(9)12/h2-4,6,13H,5,12H2,1H3. The van der Waals surface area contributed by atoms with Gasteiger partial charge >= 0.3 is 0 Å². The summed E-state index contributed by atoms with van der Waals surface area (Å²) in [7, 11) is 1.85. The molecule has 1 aromatic heterocycles. The zero-order valence-corrected chi connectivity index (χ0v) is 8.81. The van der Waals surface area contributed by atoms with Gasteiger partial charge in [-0.15, -0.1) is 10.2 Å². The average molecular weight is 221 g/mol. The molecule has 0 bridgehead atoms. The van der Waals surface area contributed by atoms with E-state index in [0.29, 0.717) is 17.9 Å². The molecule has 0 aliphatic rings. The van der Waals surface area contributed by atoms with Crippen LogP contribution in [0.5, 0.6) is 0 Å². The Kier molecular flexibility index (Phi) is 2.72. The summed E-state index contributed by atoms with van der Waals surface area (Å²) >= 11 is 0. The third-order valence-corrected chi connectivity index (χ3v) is 2.26. The van der Waals surface area contributed by atoms with Crippen molar-refractivity contribution >= 4 is 11.4 Å². The molecule has 6 heteroatoms. The monoisotopic (exact) mass is 221 g/mol. The molecule has 0 aliphatic carbocycles. The predicted molar refractivity (Wildman–Crippen MR) is 59.1 cm³/mol. The predicted octanol–water partition coefficient (Wildman–Crippen LogP) is 1.15. The first-order chi connectivity index (χ1) is 7.66. The van der Waals surface area contributed by atoms with Gasteiger partial charge in [-0.25, -0.2) is 4.39 Å². The summed E-state index contributed by atoms with van der Waals surface area (Å²) in [6.07, 6.45) is 1.62. The maximum Gasteiger partial charge on any atom is 0.151 e. The SMILES string of the molecule is Cn1cnnc1CNc1ccc(F)cc1N. The minimum absolute atomic E-state index is 0.346. The highest BCUT2D eigenvalue weighted by atomic mass is 19.1. The number of nitrogens with two attached hydrogens (primary N) is 1. The molecule has 5 nitrogen and oxygen atoms in total. The average Bonchev–Trinajstić information content (AvgIpc) is 2.63. The highest BCUT2D eigenvalue weighted by molar-refractivity contribution is 5.65. The first-order valence-corrected chi connectivity index (χ1v) is 4.78. The van der Waals surface area contributed by atoms with Crippen molar-refractivity contribution < 1.29 is 4.39 Å². The quantitative estimate of drug-likeness (QED) is 0.763. The summed E-state index contributed by atoms with van der Waals surface area (Å²) in [5, 5.41) is 10.7. The third-order valence-electron chi connectivity index (χ3n) is 2.26. The van der Waals surface area contributed by atoms with Crippen molar-refractivity contribution in [3.05, 3.63) is 36.2 Å². The van der Waals surface area contributed by atoms with E-state index in [2.05, 4.69) is 15.5 Å². The lowest BCUT2D eigenvalue weighted by Gasteiger charge is -2.08. The van der Waals surface area contributed by atoms with E-state index in [1.807, 2.05) is 7.05 Å². The first-order valence-electron chi connectivity index (χ1n) is 4.78. The van der Waals surface area contributed by atoms with E-state index < -0.39 is 0 Å². The Bertz CT molecular complexity index is 494. The molecular formula is C10H12FN5. The van der Waals surface area contributed by atoms with Crippen LogP contribution in [-0.4, -0.2) is 14.8 Å². The fraction of sp³-hybridized carbons (Fsp3) is 0.200. The fourth-order valence-electron chi connectivity index (χ4n) is 1.34. The lowest BCUT2D eigenvalue weighted by molar-refractivity contribution is 0.628. The molecule has 2 rings (SSSR count). The Hall–Kier alpha value is -2.11. The summed E-state index contributed by atoms with van der Waals surface area (Å²) < 4.78 is 14.6. The van der Waals surface area contributed by atoms with Crippen LogP contribution in [0.4, 0.5) is 15.8 Å². The Balaban J connectivity index is 2.08. The molecule has 0 spiro atoms. The highest BCUT2D eigenvalue weighted by Gasteiger charge is 2.03. The van der Waals surface area contributed by atoms with Crippen molar-refractivity contribution in [2.45, 2.75) is 6.54 Å². The molecule has 0 atom stereocenters. The summed E-state index contributed by atoms with van der Waals surface area (Å²) in [5.41, 5.74) is 6.72. The van der Waals surface area contributed by atoms with Gasteiger partial charge in [0.25, 0.3) is 0 Å². The van der Waals surface area contributed by atoms with E-state index in [-0.39, 0.29) is 5.82 Å². The topological polar surface area (TPSA) is 68.8 Å². The third kappa shape index (κ3) is 2.10. The zero-order valence-electron chi connectivity index (χ0n) is 8.81. The van der Waals surface area contributed by atoms with Gasteiger partial charge < -0.3 is 15.6 Å². The van der Waals surface area contributed by atoms with Crippen molar-refractivity contribution in [1.29, 1.82) is 0 Å². The van der Waals surface area contributed by atoms with Crippen LogP contribution in [0.2, 0.25) is 0 Å². The number of hydrogen-bond donors (Lipinski definition) is 2. The smallest absolute Gasteiger partial charge is 0.151 e. The van der Waals surface area contributed by atoms with Crippen LogP contribution < -0.4 is 11.1 Å². The minimum atomic E-state index is -0.346. The van der Waals surface area contributed by atoms with Crippen LogP contribution in [0.1, 0.15) is 5.82 Å². The number of nitrogens with one attached hydrogen (secondary N) is 1. The Morgan fingerprint density at radius 1 is 1.50 bits per heavy atom. The lowest BCUT2D eigenvalue weighted by Crippen LogP contribution is -2.07. The molecule has 2 aromatic rings. The molecule has 0 fully saturated rings. The van der Waals surface area contributed by atoms with Gasteiger partial charge in [0.05, 0.1) is 17.9 Å². The van der Waals surface area contributed by atoms with Gasteiger partial charge in [0.2, 0.25) is 0 Å². The maximum absolute atomic E-state index is 12.8. The second-order valence-corrected chi connectivity index (χ2v) is 3.44. The van der Waals surface area contributed by atoms with Crippen molar-refractivity contribution in [2.24, 2.45) is 7.05 Å². The number of hydrogen-bond acceptors (Lipinski definition) is 4. The van der Waals surface area contributed by atoms with Gasteiger partial charge in [0.1, 0.15) is 12.1 Å². The summed E-state index contributed by atoms with van der Waals surface area (Å²) in [4.78, 5) is 0. The summed E-state index contributed by atoms with van der Waals surface area (Å²) in [6.45, 7) is 0.492. The van der Waals surface area contributed by atoms with Gasteiger partial charge in [-0.05, 0) is 18.2 Å². The Labute approximate surface area is 92.1 Å². The summed E-state index contributed by atoms with van der Waals surface area (Å²) in [5.74, 6) is 0.436. The molecule has 0 amide bonds. The summed E-state index contributed by atoms with van der Waals surface area (Å²) in [6, 6.07) is 4.23. The van der Waals surface area contributed by atoms with Crippen molar-refractivity contribution in [3.8, 4) is 0 Å². The molecule has 0 unspecified atom stereocenters. The van der Waals surface area contributed by atoms with Crippen LogP contribution in [-0.2, 0) is 13.6 Å². The van der Waals surface area contributed by atoms with Gasteiger partial charge in [0, 0.05) is 7.05 Å². The number of benzene rings is 1. The van der Waals surface area contributed by atoms with Crippen molar-refractivity contribution in [3.63, 3.8) is 0 Å². The van der Waals surface area contributed by atoms with Crippen LogP contribution in [0.25, 0.3) is 0 Å². The van der Waals surface area contributed by atoms with E-state index in [1.54, 1.807) is 17.0 Å². The number of nitrogens with zero attached hydrogens (tertiary/aromatic N) is 3. The number of halogens is 1. The van der Waals surface area contributed by atoms with Crippen LogP contribution in [0.3, 0.4) is 0 Å². The second kappa shape index (κ2) is 4.18. The van der Waals surface area contributed by atoms with Crippen molar-refractivity contribution in [1.82, 2.24) is 14.8 Å². The number of nitrogen functional groups attached to an aromatic ring is 1. The van der Waals surface area contributed by atoms with E-state index in [9.17, 15) is 4.39 Å². The molecule has 0 saturated carbocycles. The normalized spacial score (nSPS) is 10.4. The highest BCUT2D eigenvalue weighted by Crippen LogP contribution is 2.19. The molecule has 0 saturated heterocycles. The fourth-order valence-corrected chi connectivity index (χ4v) is 1.34. The van der Waals surface area contributed by atoms with Crippen LogP contribution in [0.15, 0.2) is 24.5 Å². The lowest BCUT2D eigenvalue weighted by atomic mass is 10.2. The molecule has 3 N–H and O–H groups in total. The van der Waals surface area contributed by atoms with E-state index in [1.165, 1.54) is 12.1 Å². The molecule has 0 aliphatic heterocycles. The minimum Gasteiger partial charge on any atom is -0.397 e. The van der Waals surface area contributed by atoms with Gasteiger partial charge in [-0.2, -0.15) is 0 Å². The number of aryl methyl sites for hydroxylation is 1. The van der Waals surface area contributed by atoms with Crippen molar-refractivity contribution in [2.75, 3.05) is 11.1 Å². The molecule has 1 heterocycles. The Morgan fingerprint density at radius 3 is 2.94 bits per heavy atom. The zero-order chi connectivity index (χ0) is 11.5. The van der Waals surface area contributed by atoms with Gasteiger partial charge in [-0.1, -0.05) is 0 Å². The van der Waals surface area contributed by atoms with Gasteiger partial charge in [-0.3, -0.25) is 0 Å². The number of aromatic nitrogens is 3. The largest absolute Gasteiger partial charge is 0.397 e. The van der Waals surface area contributed by atoms with Crippen LogP contribution in [0, 0.1) is 5.82 Å².